The van der Waals surface area contributed by atoms with Crippen LogP contribution in [-0.2, 0) is 22.6 Å². The predicted molar refractivity (Wildman–Crippen MR) is 141 cm³/mol. The third-order valence-electron chi connectivity index (χ3n) is 8.00. The van der Waals surface area contributed by atoms with Gasteiger partial charge in [0.05, 0.1) is 0 Å². The van der Waals surface area contributed by atoms with Crippen LogP contribution in [0.1, 0.15) is 55.2 Å². The number of primary amides is 1. The average Bonchev–Trinajstić information content (AvgIpc) is 3.18. The molecule has 2 aliphatic heterocycles. The van der Waals surface area contributed by atoms with Gasteiger partial charge < -0.3 is 15.6 Å². The zero-order chi connectivity index (χ0) is 26.9. The fourth-order valence-electron chi connectivity index (χ4n) is 5.57. The van der Waals surface area contributed by atoms with Gasteiger partial charge in [-0.2, -0.15) is 8.78 Å². The second kappa shape index (κ2) is 11.1. The van der Waals surface area contributed by atoms with Gasteiger partial charge in [0, 0.05) is 49.5 Å². The molecule has 2 fully saturated rings. The van der Waals surface area contributed by atoms with E-state index in [0.717, 1.165) is 22.4 Å². The molecule has 1 aliphatic carbocycles. The van der Waals surface area contributed by atoms with E-state index in [-0.39, 0.29) is 17.4 Å². The number of rotatable bonds is 6. The SMILES string of the molecule is Cc1cc(N(C)C(N)=O)cc(C)c1CC[S+]([O-])N1CCC2(CC1)N=C(C1CCC(=C(F)F)CC1)NC2=O. The Bertz CT molecular complexity index is 1100. The molecule has 11 heteroatoms. The molecule has 202 valence electrons. The van der Waals surface area contributed by atoms with E-state index in [1.807, 2.05) is 30.3 Å². The van der Waals surface area contributed by atoms with Crippen LogP contribution in [-0.4, -0.2) is 58.1 Å². The Hall–Kier alpha value is -2.50. The summed E-state index contributed by atoms with van der Waals surface area (Å²) in [7, 11) is 1.63. The van der Waals surface area contributed by atoms with Gasteiger partial charge in [0.15, 0.2) is 0 Å². The molecule has 1 unspecified atom stereocenters. The van der Waals surface area contributed by atoms with Crippen molar-refractivity contribution >= 4 is 34.8 Å². The Balaban J connectivity index is 1.33. The Morgan fingerprint density at radius 1 is 1.24 bits per heavy atom. The molecule has 2 heterocycles. The van der Waals surface area contributed by atoms with Gasteiger partial charge in [-0.05, 0) is 86.8 Å². The molecule has 1 saturated heterocycles. The molecule has 3 N–H and O–H groups in total. The van der Waals surface area contributed by atoms with Crippen LogP contribution in [0.25, 0.3) is 0 Å². The Kier molecular flexibility index (Phi) is 8.25. The third kappa shape index (κ3) is 5.83. The number of benzene rings is 1. The molecule has 3 amide bonds. The molecule has 8 nitrogen and oxygen atoms in total. The number of carbonyl (C=O) groups is 2. The van der Waals surface area contributed by atoms with Crippen molar-refractivity contribution in [3.63, 3.8) is 0 Å². The van der Waals surface area contributed by atoms with Crippen LogP contribution in [0.15, 0.2) is 28.8 Å². The predicted octanol–water partition coefficient (Wildman–Crippen LogP) is 3.73. The van der Waals surface area contributed by atoms with E-state index < -0.39 is 29.0 Å². The maximum atomic E-state index is 13.1. The van der Waals surface area contributed by atoms with Gasteiger partial charge >= 0.3 is 6.03 Å². The van der Waals surface area contributed by atoms with Crippen molar-refractivity contribution < 1.29 is 22.9 Å². The number of anilines is 1. The van der Waals surface area contributed by atoms with Gasteiger partial charge in [0.1, 0.15) is 17.1 Å². The van der Waals surface area contributed by atoms with Crippen LogP contribution in [0.4, 0.5) is 19.3 Å². The first-order chi connectivity index (χ1) is 17.5. The number of allylic oxidation sites excluding steroid dienone is 1. The lowest BCUT2D eigenvalue weighted by Crippen LogP contribution is -2.51. The Morgan fingerprint density at radius 2 is 1.84 bits per heavy atom. The number of urea groups is 1. The standard InChI is InChI=1S/C26H35F2N5O3S/c1-16-14-20(32(3)25(29)35)15-17(2)21(16)8-13-37(36)33-11-9-26(10-12-33)24(34)30-23(31-26)19-6-4-18(5-7-19)22(27)28/h14-15,19H,4-13H2,1-3H3,(H2,29,35)(H,30,31,34). The first kappa shape index (κ1) is 27.5. The number of hydrogen-bond donors (Lipinski definition) is 2. The minimum Gasteiger partial charge on any atom is -0.598 e. The number of piperidine rings is 1. The van der Waals surface area contributed by atoms with Gasteiger partial charge in [-0.3, -0.25) is 14.7 Å². The molecule has 1 spiro atoms. The molecule has 1 atom stereocenters. The van der Waals surface area contributed by atoms with E-state index in [9.17, 15) is 22.9 Å². The minimum atomic E-state index is -1.58. The topological polar surface area (TPSA) is 114 Å². The van der Waals surface area contributed by atoms with Crippen LogP contribution in [0.5, 0.6) is 0 Å². The minimum absolute atomic E-state index is 0.000727. The van der Waals surface area contributed by atoms with Gasteiger partial charge in [0.25, 0.3) is 12.0 Å². The lowest BCUT2D eigenvalue weighted by molar-refractivity contribution is -0.125. The van der Waals surface area contributed by atoms with E-state index in [4.69, 9.17) is 10.7 Å². The van der Waals surface area contributed by atoms with Crippen molar-refractivity contribution in [1.82, 2.24) is 9.62 Å². The first-order valence-corrected chi connectivity index (χ1v) is 14.0. The maximum Gasteiger partial charge on any atom is 0.318 e. The number of aryl methyl sites for hydroxylation is 2. The summed E-state index contributed by atoms with van der Waals surface area (Å²) in [5.74, 6) is 0.968. The largest absolute Gasteiger partial charge is 0.598 e. The Morgan fingerprint density at radius 3 is 2.38 bits per heavy atom. The third-order valence-corrected chi connectivity index (χ3v) is 9.50. The van der Waals surface area contributed by atoms with Crippen molar-refractivity contribution in [2.45, 2.75) is 64.3 Å². The van der Waals surface area contributed by atoms with Gasteiger partial charge in [0.2, 0.25) is 0 Å². The summed E-state index contributed by atoms with van der Waals surface area (Å²) in [5, 5.41) is 2.93. The van der Waals surface area contributed by atoms with Crippen molar-refractivity contribution in [3.05, 3.63) is 40.5 Å². The normalized spacial score (nSPS) is 22.5. The van der Waals surface area contributed by atoms with E-state index in [0.29, 0.717) is 69.6 Å². The number of aliphatic imine (C=N–C) groups is 1. The summed E-state index contributed by atoms with van der Waals surface area (Å²) >= 11 is -1.20. The van der Waals surface area contributed by atoms with E-state index in [1.54, 1.807) is 7.05 Å². The fraction of sp³-hybridized carbons (Fsp3) is 0.577. The smallest absolute Gasteiger partial charge is 0.318 e. The molecule has 3 aliphatic rings. The molecule has 1 saturated carbocycles. The number of amidine groups is 1. The molecule has 4 rings (SSSR count). The molecular formula is C26H35F2N5O3S. The summed E-state index contributed by atoms with van der Waals surface area (Å²) in [5.41, 5.74) is 8.61. The number of amides is 3. The lowest BCUT2D eigenvalue weighted by atomic mass is 9.85. The van der Waals surface area contributed by atoms with Crippen molar-refractivity contribution in [1.29, 1.82) is 0 Å². The van der Waals surface area contributed by atoms with E-state index in [1.165, 1.54) is 4.90 Å². The summed E-state index contributed by atoms with van der Waals surface area (Å²) in [6.45, 7) is 4.95. The molecule has 0 bridgehead atoms. The first-order valence-electron chi connectivity index (χ1n) is 12.7. The molecular weight excluding hydrogens is 500 g/mol. The van der Waals surface area contributed by atoms with Gasteiger partial charge in [-0.25, -0.2) is 4.79 Å². The van der Waals surface area contributed by atoms with Crippen LogP contribution in [0.3, 0.4) is 0 Å². The zero-order valence-corrected chi connectivity index (χ0v) is 22.4. The monoisotopic (exact) mass is 535 g/mol. The summed E-state index contributed by atoms with van der Waals surface area (Å²) in [4.78, 5) is 30.5. The van der Waals surface area contributed by atoms with Gasteiger partial charge in [-0.15, -0.1) is 4.31 Å². The highest BCUT2D eigenvalue weighted by molar-refractivity contribution is 7.89. The summed E-state index contributed by atoms with van der Waals surface area (Å²) < 4.78 is 40.8. The number of halogens is 2. The van der Waals surface area contributed by atoms with Crippen molar-refractivity contribution in [3.8, 4) is 0 Å². The fourth-order valence-corrected chi connectivity index (χ4v) is 6.79. The maximum absolute atomic E-state index is 13.1. The number of nitrogens with one attached hydrogen (secondary N) is 1. The van der Waals surface area contributed by atoms with Gasteiger partial charge in [-0.1, -0.05) is 0 Å². The Labute approximate surface area is 219 Å². The van der Waals surface area contributed by atoms with Crippen LogP contribution >= 0.6 is 0 Å². The highest BCUT2D eigenvalue weighted by Gasteiger charge is 2.48. The van der Waals surface area contributed by atoms with E-state index >= 15 is 0 Å². The second-order valence-electron chi connectivity index (χ2n) is 10.3. The molecule has 37 heavy (non-hydrogen) atoms. The summed E-state index contributed by atoms with van der Waals surface area (Å²) in [6.07, 6.45) is 1.83. The van der Waals surface area contributed by atoms with Crippen LogP contribution in [0, 0.1) is 19.8 Å². The van der Waals surface area contributed by atoms with E-state index in [2.05, 4.69) is 5.32 Å². The summed E-state index contributed by atoms with van der Waals surface area (Å²) in [6, 6.07) is 3.29. The second-order valence-corrected chi connectivity index (χ2v) is 11.8. The average molecular weight is 536 g/mol. The number of nitrogens with two attached hydrogens (primary N) is 1. The van der Waals surface area contributed by atoms with Crippen molar-refractivity contribution in [2.24, 2.45) is 16.6 Å². The van der Waals surface area contributed by atoms with Crippen molar-refractivity contribution in [2.75, 3.05) is 30.8 Å². The molecule has 0 radical (unpaired) electrons. The van der Waals surface area contributed by atoms with Crippen LogP contribution in [0.2, 0.25) is 0 Å². The molecule has 1 aromatic carbocycles. The molecule has 1 aromatic rings. The number of carbonyl (C=O) groups excluding carboxylic acids is 2. The zero-order valence-electron chi connectivity index (χ0n) is 21.6. The quantitative estimate of drug-likeness (QED) is 0.540. The van der Waals surface area contributed by atoms with Crippen LogP contribution < -0.4 is 16.0 Å². The number of nitrogens with zero attached hydrogens (tertiary/aromatic N) is 3. The molecule has 0 aromatic heterocycles. The number of hydrogen-bond acceptors (Lipinski definition) is 5. The highest BCUT2D eigenvalue weighted by atomic mass is 32.2. The lowest BCUT2D eigenvalue weighted by Gasteiger charge is -2.35. The highest BCUT2D eigenvalue weighted by Crippen LogP contribution is 2.37.